The third-order valence-electron chi connectivity index (χ3n) is 5.03. The predicted octanol–water partition coefficient (Wildman–Crippen LogP) is 6.24. The Morgan fingerprint density at radius 1 is 0.889 bits per heavy atom. The van der Waals surface area contributed by atoms with Gasteiger partial charge in [-0.3, -0.25) is 0 Å². The van der Waals surface area contributed by atoms with E-state index in [1.165, 1.54) is 0 Å². The minimum Gasteiger partial charge on any atom is -0.464 e. The maximum Gasteiger partial charge on any atom is 0.215 e. The molecule has 2 unspecified atom stereocenters. The van der Waals surface area contributed by atoms with Gasteiger partial charge < -0.3 is 4.74 Å². The van der Waals surface area contributed by atoms with Crippen molar-refractivity contribution in [3.63, 3.8) is 0 Å². The molecule has 27 heavy (non-hydrogen) atoms. The van der Waals surface area contributed by atoms with Crippen LogP contribution in [0.1, 0.15) is 35.4 Å². The molecule has 0 spiro atoms. The average molecular weight is 395 g/mol. The number of hydrogen-bond donors (Lipinski definition) is 0. The van der Waals surface area contributed by atoms with Gasteiger partial charge in [0.05, 0.1) is 11.8 Å². The molecule has 0 fully saturated rings. The summed E-state index contributed by atoms with van der Waals surface area (Å²) in [5, 5.41) is 8.31. The highest BCUT2D eigenvalue weighted by Gasteiger charge is 2.41. The molecule has 0 aromatic heterocycles. The molecule has 134 valence electrons. The van der Waals surface area contributed by atoms with E-state index in [-0.39, 0.29) is 12.3 Å². The van der Waals surface area contributed by atoms with Crippen LogP contribution in [0.15, 0.2) is 77.9 Å². The van der Waals surface area contributed by atoms with E-state index in [2.05, 4.69) is 12.1 Å². The minimum absolute atomic E-state index is 0.0592. The Hall–Kier alpha value is -2.49. The van der Waals surface area contributed by atoms with E-state index in [1.54, 1.807) is 0 Å². The zero-order valence-electron chi connectivity index (χ0n) is 14.3. The van der Waals surface area contributed by atoms with Crippen molar-refractivity contribution in [2.75, 3.05) is 0 Å². The van der Waals surface area contributed by atoms with Gasteiger partial charge in [-0.1, -0.05) is 71.7 Å². The first-order valence-electron chi connectivity index (χ1n) is 8.82. The van der Waals surface area contributed by atoms with Crippen LogP contribution in [-0.4, -0.2) is 10.7 Å². The smallest absolute Gasteiger partial charge is 0.215 e. The average Bonchev–Trinajstić information content (AvgIpc) is 3.15. The molecule has 0 N–H and O–H groups in total. The molecule has 2 heterocycles. The summed E-state index contributed by atoms with van der Waals surface area (Å²) in [6, 6.07) is 23.8. The number of ether oxygens (including phenoxy) is 1. The predicted molar refractivity (Wildman–Crippen MR) is 108 cm³/mol. The Morgan fingerprint density at radius 3 is 2.48 bits per heavy atom. The van der Waals surface area contributed by atoms with E-state index in [1.807, 2.05) is 65.7 Å². The standard InChI is InChI=1S/C22H16Cl2N2O/c23-15-10-11-21-17(12-15)20-13-19(14-6-2-1-3-7-14)25-26(20)22(27-21)16-8-4-5-9-18(16)24/h1-12,20,22H,13H2. The number of hydrogen-bond acceptors (Lipinski definition) is 3. The number of halogens is 2. The number of hydrazone groups is 1. The van der Waals surface area contributed by atoms with E-state index in [0.29, 0.717) is 10.0 Å². The highest BCUT2D eigenvalue weighted by molar-refractivity contribution is 6.31. The van der Waals surface area contributed by atoms with E-state index >= 15 is 0 Å². The number of fused-ring (bicyclic) bond motifs is 3. The van der Waals surface area contributed by atoms with Gasteiger partial charge >= 0.3 is 0 Å². The molecule has 0 aliphatic carbocycles. The summed E-state index contributed by atoms with van der Waals surface area (Å²) >= 11 is 12.7. The van der Waals surface area contributed by atoms with Crippen molar-refractivity contribution >= 4 is 28.9 Å². The van der Waals surface area contributed by atoms with Gasteiger partial charge in [0.2, 0.25) is 6.23 Å². The maximum absolute atomic E-state index is 6.48. The Labute approximate surface area is 167 Å². The second-order valence-corrected chi connectivity index (χ2v) is 7.53. The third kappa shape index (κ3) is 2.88. The normalized spacial score (nSPS) is 20.5. The first-order chi connectivity index (χ1) is 13.2. The summed E-state index contributed by atoms with van der Waals surface area (Å²) in [7, 11) is 0. The largest absolute Gasteiger partial charge is 0.464 e. The molecule has 2 aliphatic rings. The molecule has 3 nitrogen and oxygen atoms in total. The molecular formula is C22H16Cl2N2O. The highest BCUT2D eigenvalue weighted by Crippen LogP contribution is 2.49. The Kier molecular flexibility index (Phi) is 4.07. The molecule has 0 bridgehead atoms. The van der Waals surface area contributed by atoms with Gasteiger partial charge in [-0.25, -0.2) is 5.01 Å². The maximum atomic E-state index is 6.48. The van der Waals surface area contributed by atoms with E-state index in [4.69, 9.17) is 33.0 Å². The molecule has 3 aromatic rings. The quantitative estimate of drug-likeness (QED) is 0.513. The lowest BCUT2D eigenvalue weighted by molar-refractivity contribution is -0.0189. The van der Waals surface area contributed by atoms with Crippen LogP contribution in [0, 0.1) is 0 Å². The first-order valence-corrected chi connectivity index (χ1v) is 9.58. The van der Waals surface area contributed by atoms with Gasteiger partial charge in [0.25, 0.3) is 0 Å². The fraction of sp³-hybridized carbons (Fsp3) is 0.136. The van der Waals surface area contributed by atoms with Crippen molar-refractivity contribution < 1.29 is 4.74 Å². The fourth-order valence-electron chi connectivity index (χ4n) is 3.74. The van der Waals surface area contributed by atoms with Crippen LogP contribution in [0.25, 0.3) is 0 Å². The van der Waals surface area contributed by atoms with Crippen molar-refractivity contribution in [3.05, 3.63) is 99.5 Å². The summed E-state index contributed by atoms with van der Waals surface area (Å²) in [5.41, 5.74) is 4.12. The monoisotopic (exact) mass is 394 g/mol. The van der Waals surface area contributed by atoms with Crippen molar-refractivity contribution in [1.82, 2.24) is 5.01 Å². The lowest BCUT2D eigenvalue weighted by atomic mass is 9.96. The van der Waals surface area contributed by atoms with E-state index in [9.17, 15) is 0 Å². The second-order valence-electron chi connectivity index (χ2n) is 6.69. The second kappa shape index (κ2) is 6.59. The fourth-order valence-corrected chi connectivity index (χ4v) is 4.15. The van der Waals surface area contributed by atoms with E-state index in [0.717, 1.165) is 34.6 Å². The van der Waals surface area contributed by atoms with Crippen molar-refractivity contribution in [2.24, 2.45) is 5.10 Å². The Morgan fingerprint density at radius 2 is 1.67 bits per heavy atom. The van der Waals surface area contributed by atoms with Crippen LogP contribution in [-0.2, 0) is 0 Å². The molecule has 3 aromatic carbocycles. The van der Waals surface area contributed by atoms with Crippen LogP contribution in [0.4, 0.5) is 0 Å². The van der Waals surface area contributed by atoms with Crippen LogP contribution < -0.4 is 4.74 Å². The summed E-state index contributed by atoms with van der Waals surface area (Å²) in [5.74, 6) is 0.829. The molecule has 5 heteroatoms. The van der Waals surface area contributed by atoms with Crippen molar-refractivity contribution in [3.8, 4) is 5.75 Å². The van der Waals surface area contributed by atoms with Crippen LogP contribution >= 0.6 is 23.2 Å². The summed E-state index contributed by atoms with van der Waals surface area (Å²) in [6.07, 6.45) is 0.417. The van der Waals surface area contributed by atoms with Crippen LogP contribution in [0.3, 0.4) is 0 Å². The molecule has 0 saturated carbocycles. The highest BCUT2D eigenvalue weighted by atomic mass is 35.5. The topological polar surface area (TPSA) is 24.8 Å². The van der Waals surface area contributed by atoms with Gasteiger partial charge in [-0.05, 0) is 29.8 Å². The molecule has 0 saturated heterocycles. The summed E-state index contributed by atoms with van der Waals surface area (Å²) in [6.45, 7) is 0. The van der Waals surface area contributed by atoms with Gasteiger partial charge in [0, 0.05) is 27.6 Å². The van der Waals surface area contributed by atoms with Crippen LogP contribution in [0.2, 0.25) is 10.0 Å². The van der Waals surface area contributed by atoms with Gasteiger partial charge in [-0.2, -0.15) is 5.10 Å². The molecule has 5 rings (SSSR count). The number of rotatable bonds is 2. The number of benzene rings is 3. The summed E-state index contributed by atoms with van der Waals surface area (Å²) in [4.78, 5) is 0. The van der Waals surface area contributed by atoms with Crippen molar-refractivity contribution in [2.45, 2.75) is 18.7 Å². The molecule has 0 amide bonds. The first kappa shape index (κ1) is 16.7. The van der Waals surface area contributed by atoms with Crippen molar-refractivity contribution in [1.29, 1.82) is 0 Å². The van der Waals surface area contributed by atoms with Crippen LogP contribution in [0.5, 0.6) is 5.75 Å². The SMILES string of the molecule is Clc1ccc2c(c1)C1CC(c3ccccc3)=NN1C(c1ccccc1Cl)O2. The minimum atomic E-state index is -0.376. The lowest BCUT2D eigenvalue weighted by Gasteiger charge is -2.38. The van der Waals surface area contributed by atoms with Gasteiger partial charge in [0.15, 0.2) is 0 Å². The third-order valence-corrected chi connectivity index (χ3v) is 5.61. The molecule has 2 aliphatic heterocycles. The Balaban J connectivity index is 1.64. The number of nitrogens with zero attached hydrogens (tertiary/aromatic N) is 2. The molecular weight excluding hydrogens is 379 g/mol. The zero-order chi connectivity index (χ0) is 18.4. The zero-order valence-corrected chi connectivity index (χ0v) is 15.9. The Bertz CT molecular complexity index is 1040. The van der Waals surface area contributed by atoms with E-state index < -0.39 is 0 Å². The summed E-state index contributed by atoms with van der Waals surface area (Å²) < 4.78 is 6.33. The van der Waals surface area contributed by atoms with Gasteiger partial charge in [-0.15, -0.1) is 0 Å². The molecule has 0 radical (unpaired) electrons. The lowest BCUT2D eigenvalue weighted by Crippen LogP contribution is -2.33. The van der Waals surface area contributed by atoms with Gasteiger partial charge in [0.1, 0.15) is 5.75 Å². The molecule has 2 atom stereocenters.